The molecular formula is C15H21FO2. The van der Waals surface area contributed by atoms with Crippen LogP contribution in [0.4, 0.5) is 4.39 Å². The van der Waals surface area contributed by atoms with E-state index in [1.807, 2.05) is 6.92 Å². The van der Waals surface area contributed by atoms with Crippen LogP contribution in [0.2, 0.25) is 0 Å². The molecule has 1 unspecified atom stereocenters. The summed E-state index contributed by atoms with van der Waals surface area (Å²) in [5.41, 5.74) is -0.0773. The molecule has 1 aliphatic carbocycles. The first kappa shape index (κ1) is 13.5. The van der Waals surface area contributed by atoms with Crippen LogP contribution in [-0.4, -0.2) is 15.8 Å². The van der Waals surface area contributed by atoms with Crippen LogP contribution in [0.15, 0.2) is 18.2 Å². The third-order valence-corrected chi connectivity index (χ3v) is 4.10. The lowest BCUT2D eigenvalue weighted by atomic mass is 9.75. The van der Waals surface area contributed by atoms with Crippen LogP contribution in [0, 0.1) is 18.7 Å². The van der Waals surface area contributed by atoms with Gasteiger partial charge in [0.15, 0.2) is 0 Å². The van der Waals surface area contributed by atoms with E-state index in [4.69, 9.17) is 0 Å². The summed E-state index contributed by atoms with van der Waals surface area (Å²) in [5, 5.41) is 20.8. The third kappa shape index (κ3) is 2.57. The van der Waals surface area contributed by atoms with E-state index in [-0.39, 0.29) is 5.56 Å². The number of hydrogen-bond donors (Lipinski definition) is 2. The minimum Gasteiger partial charge on any atom is -0.387 e. The number of benzene rings is 1. The van der Waals surface area contributed by atoms with Crippen molar-refractivity contribution >= 4 is 0 Å². The van der Waals surface area contributed by atoms with E-state index in [1.54, 1.807) is 12.1 Å². The summed E-state index contributed by atoms with van der Waals surface area (Å²) < 4.78 is 13.8. The average molecular weight is 252 g/mol. The molecule has 2 nitrogen and oxygen atoms in total. The fourth-order valence-corrected chi connectivity index (χ4v) is 2.70. The lowest BCUT2D eigenvalue weighted by molar-refractivity contribution is -0.106. The van der Waals surface area contributed by atoms with E-state index in [9.17, 15) is 14.6 Å². The molecule has 1 saturated carbocycles. The summed E-state index contributed by atoms with van der Waals surface area (Å²) >= 11 is 0. The van der Waals surface area contributed by atoms with Crippen molar-refractivity contribution in [3.05, 3.63) is 35.1 Å². The Morgan fingerprint density at radius 1 is 1.33 bits per heavy atom. The average Bonchev–Trinajstić information content (AvgIpc) is 2.35. The Hall–Kier alpha value is -0.930. The van der Waals surface area contributed by atoms with Gasteiger partial charge in [0.1, 0.15) is 11.9 Å². The number of halogens is 1. The minimum atomic E-state index is -1.18. The highest BCUT2D eigenvalue weighted by atomic mass is 19.1. The number of aliphatic hydroxyl groups is 2. The number of aliphatic hydroxyl groups excluding tert-OH is 1. The molecule has 0 bridgehead atoms. The van der Waals surface area contributed by atoms with Crippen molar-refractivity contribution in [2.24, 2.45) is 5.92 Å². The first-order valence-corrected chi connectivity index (χ1v) is 6.59. The van der Waals surface area contributed by atoms with Crippen molar-refractivity contribution in [2.75, 3.05) is 0 Å². The second-order valence-electron chi connectivity index (χ2n) is 5.71. The van der Waals surface area contributed by atoms with E-state index >= 15 is 0 Å². The monoisotopic (exact) mass is 252 g/mol. The van der Waals surface area contributed by atoms with Crippen LogP contribution in [0.3, 0.4) is 0 Å². The van der Waals surface area contributed by atoms with Gasteiger partial charge in [-0.15, -0.1) is 0 Å². The van der Waals surface area contributed by atoms with E-state index in [2.05, 4.69) is 6.92 Å². The summed E-state index contributed by atoms with van der Waals surface area (Å²) in [6, 6.07) is 4.64. The highest BCUT2D eigenvalue weighted by molar-refractivity contribution is 5.28. The van der Waals surface area contributed by atoms with Gasteiger partial charge in [-0.05, 0) is 44.6 Å². The van der Waals surface area contributed by atoms with Crippen molar-refractivity contribution in [2.45, 2.75) is 51.2 Å². The van der Waals surface area contributed by atoms with Crippen molar-refractivity contribution in [1.29, 1.82) is 0 Å². The maximum Gasteiger partial charge on any atom is 0.129 e. The van der Waals surface area contributed by atoms with Crippen LogP contribution in [0.25, 0.3) is 0 Å². The van der Waals surface area contributed by atoms with Gasteiger partial charge in [-0.2, -0.15) is 0 Å². The molecule has 1 atom stereocenters. The van der Waals surface area contributed by atoms with Gasteiger partial charge in [0.2, 0.25) is 0 Å². The molecule has 18 heavy (non-hydrogen) atoms. The maximum absolute atomic E-state index is 13.8. The Balaban J connectivity index is 2.24. The normalized spacial score (nSPS) is 30.2. The maximum atomic E-state index is 13.8. The molecule has 1 aromatic carbocycles. The molecule has 0 spiro atoms. The Morgan fingerprint density at radius 3 is 2.56 bits per heavy atom. The quantitative estimate of drug-likeness (QED) is 0.849. The fraction of sp³-hybridized carbons (Fsp3) is 0.600. The Kier molecular flexibility index (Phi) is 3.74. The molecule has 2 rings (SSSR count). The predicted octanol–water partition coefficient (Wildman–Crippen LogP) is 3.11. The topological polar surface area (TPSA) is 40.5 Å². The van der Waals surface area contributed by atoms with E-state index in [0.717, 1.165) is 18.4 Å². The molecule has 0 amide bonds. The predicted molar refractivity (Wildman–Crippen MR) is 68.7 cm³/mol. The van der Waals surface area contributed by atoms with Gasteiger partial charge in [0, 0.05) is 5.56 Å². The summed E-state index contributed by atoms with van der Waals surface area (Å²) in [5.74, 6) is 0.125. The SMILES string of the molecule is Cc1ccc(F)c(C(O)C2(O)CCC(C)CC2)c1. The van der Waals surface area contributed by atoms with Crippen molar-refractivity contribution in [1.82, 2.24) is 0 Å². The van der Waals surface area contributed by atoms with Crippen molar-refractivity contribution < 1.29 is 14.6 Å². The molecule has 1 fully saturated rings. The molecule has 100 valence electrons. The van der Waals surface area contributed by atoms with Crippen LogP contribution in [0.1, 0.15) is 49.8 Å². The zero-order valence-electron chi connectivity index (χ0n) is 11.0. The lowest BCUT2D eigenvalue weighted by Gasteiger charge is -2.38. The molecule has 0 radical (unpaired) electrons. The van der Waals surface area contributed by atoms with Gasteiger partial charge in [-0.1, -0.05) is 24.6 Å². The highest BCUT2D eigenvalue weighted by Gasteiger charge is 2.40. The van der Waals surface area contributed by atoms with Gasteiger partial charge in [-0.3, -0.25) is 0 Å². The molecule has 0 aromatic heterocycles. The standard InChI is InChI=1S/C15H21FO2/c1-10-5-7-15(18,8-6-10)14(17)12-9-11(2)3-4-13(12)16/h3-4,9-10,14,17-18H,5-8H2,1-2H3. The summed E-state index contributed by atoms with van der Waals surface area (Å²) in [4.78, 5) is 0. The number of aryl methyl sites for hydroxylation is 1. The molecule has 0 saturated heterocycles. The van der Waals surface area contributed by atoms with Gasteiger partial charge in [-0.25, -0.2) is 4.39 Å². The fourth-order valence-electron chi connectivity index (χ4n) is 2.70. The zero-order chi connectivity index (χ0) is 13.3. The zero-order valence-corrected chi connectivity index (χ0v) is 11.0. The molecule has 1 aromatic rings. The summed E-state index contributed by atoms with van der Waals surface area (Å²) in [6.07, 6.45) is 1.68. The summed E-state index contributed by atoms with van der Waals surface area (Å²) in [7, 11) is 0. The first-order valence-electron chi connectivity index (χ1n) is 6.59. The molecule has 0 heterocycles. The second-order valence-corrected chi connectivity index (χ2v) is 5.71. The molecule has 0 aliphatic heterocycles. The van der Waals surface area contributed by atoms with Crippen LogP contribution in [-0.2, 0) is 0 Å². The molecule has 2 N–H and O–H groups in total. The smallest absolute Gasteiger partial charge is 0.129 e. The number of rotatable bonds is 2. The Labute approximate surface area is 107 Å². The van der Waals surface area contributed by atoms with Gasteiger partial charge in [0.05, 0.1) is 5.60 Å². The minimum absolute atomic E-state index is 0.215. The number of hydrogen-bond acceptors (Lipinski definition) is 2. The van der Waals surface area contributed by atoms with E-state index in [1.165, 1.54) is 6.07 Å². The third-order valence-electron chi connectivity index (χ3n) is 4.10. The highest BCUT2D eigenvalue weighted by Crippen LogP contribution is 2.41. The largest absolute Gasteiger partial charge is 0.387 e. The van der Waals surface area contributed by atoms with Gasteiger partial charge < -0.3 is 10.2 Å². The van der Waals surface area contributed by atoms with Gasteiger partial charge in [0.25, 0.3) is 0 Å². The van der Waals surface area contributed by atoms with E-state index < -0.39 is 17.5 Å². The van der Waals surface area contributed by atoms with Crippen LogP contribution in [0.5, 0.6) is 0 Å². The lowest BCUT2D eigenvalue weighted by Crippen LogP contribution is -2.40. The molecular weight excluding hydrogens is 231 g/mol. The second kappa shape index (κ2) is 4.98. The van der Waals surface area contributed by atoms with Gasteiger partial charge >= 0.3 is 0 Å². The first-order chi connectivity index (χ1) is 8.42. The molecule has 1 aliphatic rings. The van der Waals surface area contributed by atoms with Crippen molar-refractivity contribution in [3.63, 3.8) is 0 Å². The van der Waals surface area contributed by atoms with Crippen LogP contribution >= 0.6 is 0 Å². The Morgan fingerprint density at radius 2 is 1.94 bits per heavy atom. The summed E-state index contributed by atoms with van der Waals surface area (Å²) in [6.45, 7) is 3.99. The van der Waals surface area contributed by atoms with Crippen LogP contribution < -0.4 is 0 Å². The molecule has 3 heteroatoms. The van der Waals surface area contributed by atoms with E-state index in [0.29, 0.717) is 18.8 Å². The van der Waals surface area contributed by atoms with Crippen molar-refractivity contribution in [3.8, 4) is 0 Å². The Bertz CT molecular complexity index is 423.